The molecular weight excluding hydrogens is 344 g/mol. The lowest BCUT2D eigenvalue weighted by molar-refractivity contribution is -0.157. The van der Waals surface area contributed by atoms with Gasteiger partial charge in [-0.05, 0) is 38.7 Å². The fourth-order valence-corrected chi connectivity index (χ4v) is 4.30. The Morgan fingerprint density at radius 3 is 2.52 bits per heavy atom. The highest BCUT2D eigenvalue weighted by molar-refractivity contribution is 5.80. The van der Waals surface area contributed by atoms with Crippen molar-refractivity contribution in [2.24, 2.45) is 11.3 Å². The summed E-state index contributed by atoms with van der Waals surface area (Å²) in [6.07, 6.45) is 0.422. The number of methoxy groups -OCH3 is 1. The summed E-state index contributed by atoms with van der Waals surface area (Å²) in [4.78, 5) is 29.3. The van der Waals surface area contributed by atoms with E-state index in [1.807, 2.05) is 39.0 Å². The summed E-state index contributed by atoms with van der Waals surface area (Å²) >= 11 is 0. The van der Waals surface area contributed by atoms with Gasteiger partial charge in [-0.1, -0.05) is 30.3 Å². The zero-order valence-corrected chi connectivity index (χ0v) is 16.7. The van der Waals surface area contributed by atoms with Crippen LogP contribution in [0.3, 0.4) is 0 Å². The minimum Gasteiger partial charge on any atom is -0.468 e. The van der Waals surface area contributed by atoms with Crippen LogP contribution in [0.2, 0.25) is 0 Å². The number of likely N-dealkylation sites (tertiary alicyclic amines) is 2. The number of carbonyl (C=O) groups excluding carboxylic acids is 2. The van der Waals surface area contributed by atoms with E-state index in [4.69, 9.17) is 9.47 Å². The molecule has 6 heteroatoms. The highest BCUT2D eigenvalue weighted by Crippen LogP contribution is 2.44. The molecule has 27 heavy (non-hydrogen) atoms. The molecule has 2 unspecified atom stereocenters. The average molecular weight is 374 g/mol. The number of nitrogens with zero attached hydrogens (tertiary/aromatic N) is 2. The van der Waals surface area contributed by atoms with Gasteiger partial charge >= 0.3 is 12.1 Å². The monoisotopic (exact) mass is 374 g/mol. The molecule has 2 heterocycles. The molecule has 1 aromatic carbocycles. The van der Waals surface area contributed by atoms with E-state index in [1.165, 1.54) is 12.7 Å². The first-order valence-corrected chi connectivity index (χ1v) is 9.56. The van der Waals surface area contributed by atoms with E-state index >= 15 is 0 Å². The third kappa shape index (κ3) is 4.26. The van der Waals surface area contributed by atoms with E-state index in [-0.39, 0.29) is 18.0 Å². The molecule has 0 aromatic heterocycles. The maximum atomic E-state index is 12.8. The van der Waals surface area contributed by atoms with Crippen LogP contribution in [0.4, 0.5) is 4.79 Å². The summed E-state index contributed by atoms with van der Waals surface area (Å²) < 4.78 is 10.7. The number of hydrogen-bond acceptors (Lipinski definition) is 5. The van der Waals surface area contributed by atoms with Gasteiger partial charge in [-0.3, -0.25) is 9.69 Å². The lowest BCUT2D eigenvalue weighted by atomic mass is 9.73. The first-order chi connectivity index (χ1) is 12.7. The second-order valence-corrected chi connectivity index (χ2v) is 8.69. The van der Waals surface area contributed by atoms with Crippen molar-refractivity contribution in [2.75, 3.05) is 33.3 Å². The van der Waals surface area contributed by atoms with Crippen molar-refractivity contribution < 1.29 is 19.1 Å². The van der Waals surface area contributed by atoms with Gasteiger partial charge in [0.25, 0.3) is 0 Å². The van der Waals surface area contributed by atoms with Crippen molar-refractivity contribution in [3.05, 3.63) is 35.9 Å². The normalized spacial score (nSPS) is 25.8. The number of benzene rings is 1. The molecule has 0 aliphatic carbocycles. The predicted molar refractivity (Wildman–Crippen MR) is 102 cm³/mol. The molecule has 2 atom stereocenters. The van der Waals surface area contributed by atoms with E-state index in [0.29, 0.717) is 19.6 Å². The summed E-state index contributed by atoms with van der Waals surface area (Å²) in [6, 6.07) is 10.2. The second kappa shape index (κ2) is 7.50. The fraction of sp³-hybridized carbons (Fsp3) is 0.619. The molecule has 2 fully saturated rings. The third-order valence-electron chi connectivity index (χ3n) is 5.48. The van der Waals surface area contributed by atoms with Crippen molar-refractivity contribution in [1.82, 2.24) is 9.80 Å². The van der Waals surface area contributed by atoms with Crippen LogP contribution in [0.1, 0.15) is 32.8 Å². The molecular formula is C21H30N2O4. The summed E-state index contributed by atoms with van der Waals surface area (Å²) in [7, 11) is 1.43. The number of esters is 1. The van der Waals surface area contributed by atoms with Crippen LogP contribution >= 0.6 is 0 Å². The number of amides is 1. The van der Waals surface area contributed by atoms with Crippen LogP contribution < -0.4 is 0 Å². The Hall–Kier alpha value is -2.08. The average Bonchev–Trinajstić information content (AvgIpc) is 2.98. The fourth-order valence-electron chi connectivity index (χ4n) is 4.30. The van der Waals surface area contributed by atoms with E-state index in [9.17, 15) is 9.59 Å². The van der Waals surface area contributed by atoms with Crippen molar-refractivity contribution >= 4 is 12.1 Å². The van der Waals surface area contributed by atoms with E-state index in [2.05, 4.69) is 17.0 Å². The first kappa shape index (κ1) is 19.7. The van der Waals surface area contributed by atoms with E-state index in [1.54, 1.807) is 4.90 Å². The molecule has 1 amide bonds. The van der Waals surface area contributed by atoms with Gasteiger partial charge in [-0.2, -0.15) is 0 Å². The van der Waals surface area contributed by atoms with Crippen molar-refractivity contribution in [2.45, 2.75) is 39.3 Å². The van der Waals surface area contributed by atoms with E-state index < -0.39 is 11.0 Å². The number of carbonyl (C=O) groups is 2. The van der Waals surface area contributed by atoms with Crippen LogP contribution in [0.25, 0.3) is 0 Å². The third-order valence-corrected chi connectivity index (χ3v) is 5.48. The molecule has 1 aromatic rings. The van der Waals surface area contributed by atoms with Gasteiger partial charge in [0.15, 0.2) is 0 Å². The summed E-state index contributed by atoms with van der Waals surface area (Å²) in [5.41, 5.74) is -0.0137. The Bertz CT molecular complexity index is 685. The van der Waals surface area contributed by atoms with Crippen LogP contribution in [0.15, 0.2) is 30.3 Å². The van der Waals surface area contributed by atoms with Crippen LogP contribution in [0.5, 0.6) is 0 Å². The lowest BCUT2D eigenvalue weighted by Gasteiger charge is -2.42. The van der Waals surface area contributed by atoms with Gasteiger partial charge in [0, 0.05) is 32.7 Å². The summed E-state index contributed by atoms with van der Waals surface area (Å²) in [5, 5.41) is 0. The topological polar surface area (TPSA) is 59.1 Å². The second-order valence-electron chi connectivity index (χ2n) is 8.69. The highest BCUT2D eigenvalue weighted by atomic mass is 16.6. The van der Waals surface area contributed by atoms with Crippen LogP contribution in [-0.4, -0.2) is 60.8 Å². The van der Waals surface area contributed by atoms with Gasteiger partial charge in [0.1, 0.15) is 11.0 Å². The van der Waals surface area contributed by atoms with Crippen molar-refractivity contribution in [1.29, 1.82) is 0 Å². The zero-order valence-electron chi connectivity index (χ0n) is 16.7. The number of piperidine rings is 1. The van der Waals surface area contributed by atoms with Gasteiger partial charge in [0.05, 0.1) is 7.11 Å². The van der Waals surface area contributed by atoms with Crippen molar-refractivity contribution in [3.63, 3.8) is 0 Å². The van der Waals surface area contributed by atoms with Gasteiger partial charge in [-0.15, -0.1) is 0 Å². The van der Waals surface area contributed by atoms with Gasteiger partial charge < -0.3 is 14.4 Å². The zero-order chi connectivity index (χ0) is 19.7. The maximum Gasteiger partial charge on any atom is 0.410 e. The molecule has 0 spiro atoms. The Labute approximate surface area is 161 Å². The molecule has 0 saturated carbocycles. The number of rotatable bonds is 3. The molecule has 148 valence electrons. The van der Waals surface area contributed by atoms with Crippen molar-refractivity contribution in [3.8, 4) is 0 Å². The minimum absolute atomic E-state index is 0.187. The largest absolute Gasteiger partial charge is 0.468 e. The Kier molecular flexibility index (Phi) is 5.47. The number of hydrogen-bond donors (Lipinski definition) is 0. The van der Waals surface area contributed by atoms with Crippen LogP contribution in [0, 0.1) is 11.3 Å². The first-order valence-electron chi connectivity index (χ1n) is 9.56. The molecule has 6 nitrogen and oxygen atoms in total. The smallest absolute Gasteiger partial charge is 0.410 e. The standard InChI is InChI=1S/C21H30N2O4/c1-20(2,3)27-19(25)23-11-10-17-13-22(12-16-8-6-5-7-9-16)14-21(17,15-23)18(24)26-4/h5-9,17H,10-15H2,1-4H3. The van der Waals surface area contributed by atoms with Gasteiger partial charge in [-0.25, -0.2) is 4.79 Å². The maximum absolute atomic E-state index is 12.8. The number of fused-ring (bicyclic) bond motifs is 1. The molecule has 0 N–H and O–H groups in total. The molecule has 3 rings (SSSR count). The number of ether oxygens (including phenoxy) is 2. The molecule has 0 bridgehead atoms. The SMILES string of the molecule is COC(=O)C12CN(Cc3ccccc3)CC1CCN(C(=O)OC(C)(C)C)C2. The molecule has 2 saturated heterocycles. The summed E-state index contributed by atoms with van der Waals surface area (Å²) in [5.74, 6) is -0.0383. The quantitative estimate of drug-likeness (QED) is 0.762. The summed E-state index contributed by atoms with van der Waals surface area (Å²) in [6.45, 7) is 8.75. The Morgan fingerprint density at radius 1 is 1.19 bits per heavy atom. The predicted octanol–water partition coefficient (Wildman–Crippen LogP) is 2.92. The lowest BCUT2D eigenvalue weighted by Crippen LogP contribution is -2.55. The molecule has 2 aliphatic heterocycles. The van der Waals surface area contributed by atoms with Crippen LogP contribution in [-0.2, 0) is 20.8 Å². The minimum atomic E-state index is -0.682. The van der Waals surface area contributed by atoms with E-state index in [0.717, 1.165) is 19.5 Å². The van der Waals surface area contributed by atoms with Gasteiger partial charge in [0.2, 0.25) is 0 Å². The molecule has 2 aliphatic rings. The Balaban J connectivity index is 1.77. The molecule has 0 radical (unpaired) electrons. The highest BCUT2D eigenvalue weighted by Gasteiger charge is 2.56. The Morgan fingerprint density at radius 2 is 1.89 bits per heavy atom.